The first-order valence-electron chi connectivity index (χ1n) is 6.33. The number of rotatable bonds is 3. The molecule has 2 rings (SSSR count). The summed E-state index contributed by atoms with van der Waals surface area (Å²) >= 11 is 6.56. The van der Waals surface area contributed by atoms with Gasteiger partial charge in [-0.05, 0) is 49.4 Å². The van der Waals surface area contributed by atoms with Gasteiger partial charge in [0.25, 0.3) is 0 Å². The minimum atomic E-state index is 0.0487. The summed E-state index contributed by atoms with van der Waals surface area (Å²) in [6.07, 6.45) is 0.881. The van der Waals surface area contributed by atoms with Gasteiger partial charge in [-0.15, -0.1) is 11.6 Å². The van der Waals surface area contributed by atoms with Crippen LogP contribution in [0.2, 0.25) is 0 Å². The Morgan fingerprint density at radius 1 is 0.944 bits per heavy atom. The van der Waals surface area contributed by atoms with Crippen LogP contribution >= 0.6 is 11.6 Å². The van der Waals surface area contributed by atoms with Crippen LogP contribution in [0.1, 0.15) is 33.2 Å². The molecule has 0 N–H and O–H groups in total. The van der Waals surface area contributed by atoms with Crippen molar-refractivity contribution in [1.82, 2.24) is 0 Å². The van der Waals surface area contributed by atoms with E-state index in [0.717, 1.165) is 6.42 Å². The molecule has 2 aromatic carbocycles. The van der Waals surface area contributed by atoms with Crippen LogP contribution in [0.15, 0.2) is 42.5 Å². The van der Waals surface area contributed by atoms with E-state index in [0.29, 0.717) is 0 Å². The van der Waals surface area contributed by atoms with E-state index in [2.05, 4.69) is 63.2 Å². The first-order valence-corrected chi connectivity index (χ1v) is 6.77. The molecule has 0 spiro atoms. The molecule has 94 valence electrons. The lowest BCUT2D eigenvalue weighted by molar-refractivity contribution is 0.906. The van der Waals surface area contributed by atoms with E-state index in [1.165, 1.54) is 27.8 Å². The summed E-state index contributed by atoms with van der Waals surface area (Å²) in [6, 6.07) is 15.0. The highest BCUT2D eigenvalue weighted by molar-refractivity contribution is 6.21. The maximum atomic E-state index is 6.56. The molecule has 0 amide bonds. The lowest BCUT2D eigenvalue weighted by Gasteiger charge is -2.14. The second-order valence-corrected chi connectivity index (χ2v) is 5.47. The highest BCUT2D eigenvalue weighted by atomic mass is 35.5. The molecule has 18 heavy (non-hydrogen) atoms. The topological polar surface area (TPSA) is 0 Å². The van der Waals surface area contributed by atoms with Gasteiger partial charge in [0.15, 0.2) is 0 Å². The number of alkyl halides is 1. The molecule has 0 aliphatic heterocycles. The van der Waals surface area contributed by atoms with E-state index in [9.17, 15) is 0 Å². The molecule has 0 aromatic heterocycles. The third kappa shape index (κ3) is 2.94. The highest BCUT2D eigenvalue weighted by Gasteiger charge is 2.12. The molecule has 1 unspecified atom stereocenters. The van der Waals surface area contributed by atoms with E-state index in [-0.39, 0.29) is 5.38 Å². The van der Waals surface area contributed by atoms with Crippen LogP contribution in [0.5, 0.6) is 0 Å². The summed E-state index contributed by atoms with van der Waals surface area (Å²) < 4.78 is 0. The molecular formula is C17H19Cl. The quantitative estimate of drug-likeness (QED) is 0.669. The van der Waals surface area contributed by atoms with Crippen molar-refractivity contribution in [3.8, 4) is 0 Å². The van der Waals surface area contributed by atoms with Crippen molar-refractivity contribution in [1.29, 1.82) is 0 Å². The van der Waals surface area contributed by atoms with Gasteiger partial charge in [0.1, 0.15) is 0 Å². The van der Waals surface area contributed by atoms with Gasteiger partial charge in [-0.3, -0.25) is 0 Å². The zero-order chi connectivity index (χ0) is 13.1. The molecule has 0 fully saturated rings. The van der Waals surface area contributed by atoms with Crippen LogP contribution in [-0.4, -0.2) is 0 Å². The molecule has 0 aliphatic rings. The fourth-order valence-corrected chi connectivity index (χ4v) is 2.57. The van der Waals surface area contributed by atoms with Crippen LogP contribution in [-0.2, 0) is 6.42 Å². The fourth-order valence-electron chi connectivity index (χ4n) is 2.15. The predicted octanol–water partition coefficient (Wildman–Crippen LogP) is 5.13. The van der Waals surface area contributed by atoms with Crippen molar-refractivity contribution in [3.05, 3.63) is 70.3 Å². The van der Waals surface area contributed by atoms with Crippen LogP contribution in [0.3, 0.4) is 0 Å². The van der Waals surface area contributed by atoms with Gasteiger partial charge in [0, 0.05) is 0 Å². The summed E-state index contributed by atoms with van der Waals surface area (Å²) in [7, 11) is 0. The minimum absolute atomic E-state index is 0.0487. The van der Waals surface area contributed by atoms with E-state index in [1.54, 1.807) is 0 Å². The van der Waals surface area contributed by atoms with Crippen LogP contribution < -0.4 is 0 Å². The molecular weight excluding hydrogens is 240 g/mol. The monoisotopic (exact) mass is 258 g/mol. The zero-order valence-corrected chi connectivity index (χ0v) is 12.0. The Hall–Kier alpha value is -1.27. The van der Waals surface area contributed by atoms with Crippen LogP contribution in [0, 0.1) is 20.8 Å². The van der Waals surface area contributed by atoms with Crippen molar-refractivity contribution in [2.45, 2.75) is 32.6 Å². The average molecular weight is 259 g/mol. The average Bonchev–Trinajstić information content (AvgIpc) is 2.35. The van der Waals surface area contributed by atoms with Crippen LogP contribution in [0.4, 0.5) is 0 Å². The maximum absolute atomic E-state index is 6.56. The second kappa shape index (κ2) is 5.58. The minimum Gasteiger partial charge on any atom is -0.117 e. The Morgan fingerprint density at radius 3 is 2.28 bits per heavy atom. The summed E-state index contributed by atoms with van der Waals surface area (Å²) in [5.41, 5.74) is 6.45. The number of hydrogen-bond donors (Lipinski definition) is 0. The van der Waals surface area contributed by atoms with Crippen molar-refractivity contribution < 1.29 is 0 Å². The standard InChI is InChI=1S/C17H19Cl/c1-12-7-9-15(10-8-12)11-17(18)16-6-4-5-13(2)14(16)3/h4-10,17H,11H2,1-3H3. The fraction of sp³-hybridized carbons (Fsp3) is 0.294. The molecule has 1 atom stereocenters. The highest BCUT2D eigenvalue weighted by Crippen LogP contribution is 2.29. The molecule has 2 aromatic rings. The van der Waals surface area contributed by atoms with Gasteiger partial charge in [-0.2, -0.15) is 0 Å². The Bertz CT molecular complexity index is 526. The number of aryl methyl sites for hydroxylation is 2. The Morgan fingerprint density at radius 2 is 1.61 bits per heavy atom. The van der Waals surface area contributed by atoms with E-state index in [1.807, 2.05) is 0 Å². The van der Waals surface area contributed by atoms with Gasteiger partial charge in [-0.25, -0.2) is 0 Å². The summed E-state index contributed by atoms with van der Waals surface area (Å²) in [5.74, 6) is 0. The molecule has 0 saturated heterocycles. The van der Waals surface area contributed by atoms with Crippen molar-refractivity contribution in [2.75, 3.05) is 0 Å². The lowest BCUT2D eigenvalue weighted by atomic mass is 9.97. The molecule has 0 heterocycles. The van der Waals surface area contributed by atoms with Gasteiger partial charge in [0.2, 0.25) is 0 Å². The van der Waals surface area contributed by atoms with E-state index >= 15 is 0 Å². The molecule has 0 radical (unpaired) electrons. The van der Waals surface area contributed by atoms with Gasteiger partial charge < -0.3 is 0 Å². The first-order chi connectivity index (χ1) is 8.58. The SMILES string of the molecule is Cc1ccc(CC(Cl)c2cccc(C)c2C)cc1. The summed E-state index contributed by atoms with van der Waals surface area (Å²) in [6.45, 7) is 6.39. The Labute approximate surface area is 115 Å². The summed E-state index contributed by atoms with van der Waals surface area (Å²) in [4.78, 5) is 0. The predicted molar refractivity (Wildman–Crippen MR) is 79.4 cm³/mol. The third-order valence-corrected chi connectivity index (χ3v) is 3.91. The number of hydrogen-bond acceptors (Lipinski definition) is 0. The maximum Gasteiger partial charge on any atom is 0.0628 e. The van der Waals surface area contributed by atoms with E-state index < -0.39 is 0 Å². The number of benzene rings is 2. The molecule has 0 aliphatic carbocycles. The molecule has 0 nitrogen and oxygen atoms in total. The molecule has 1 heteroatoms. The van der Waals surface area contributed by atoms with Crippen molar-refractivity contribution in [2.24, 2.45) is 0 Å². The van der Waals surface area contributed by atoms with Gasteiger partial charge in [-0.1, -0.05) is 48.0 Å². The smallest absolute Gasteiger partial charge is 0.0628 e. The van der Waals surface area contributed by atoms with Gasteiger partial charge in [0.05, 0.1) is 5.38 Å². The normalized spacial score (nSPS) is 12.4. The summed E-state index contributed by atoms with van der Waals surface area (Å²) in [5, 5.41) is 0.0487. The third-order valence-electron chi connectivity index (χ3n) is 3.52. The number of halogens is 1. The molecule has 0 saturated carbocycles. The van der Waals surface area contributed by atoms with Crippen molar-refractivity contribution >= 4 is 11.6 Å². The largest absolute Gasteiger partial charge is 0.117 e. The molecule has 0 bridgehead atoms. The second-order valence-electron chi connectivity index (χ2n) is 4.95. The Kier molecular flexibility index (Phi) is 4.08. The van der Waals surface area contributed by atoms with E-state index in [4.69, 9.17) is 11.6 Å². The first kappa shape index (κ1) is 13.2. The van der Waals surface area contributed by atoms with Gasteiger partial charge >= 0.3 is 0 Å². The Balaban J connectivity index is 2.19. The lowest BCUT2D eigenvalue weighted by Crippen LogP contribution is -1.99. The zero-order valence-electron chi connectivity index (χ0n) is 11.2. The van der Waals surface area contributed by atoms with Crippen molar-refractivity contribution in [3.63, 3.8) is 0 Å². The van der Waals surface area contributed by atoms with Crippen LogP contribution in [0.25, 0.3) is 0 Å².